The fourth-order valence-corrected chi connectivity index (χ4v) is 2.39. The van der Waals surface area contributed by atoms with E-state index in [1.807, 2.05) is 7.05 Å². The Morgan fingerprint density at radius 2 is 2.15 bits per heavy atom. The maximum Gasteiger partial charge on any atom is 0.451 e. The minimum absolute atomic E-state index is 0.172. The van der Waals surface area contributed by atoms with Gasteiger partial charge in [-0.3, -0.25) is 0 Å². The van der Waals surface area contributed by atoms with Gasteiger partial charge in [-0.15, -0.1) is 0 Å². The second-order valence-electron chi connectivity index (χ2n) is 5.13. The minimum atomic E-state index is -4.59. The molecule has 2 heterocycles. The number of halogens is 3. The van der Waals surface area contributed by atoms with E-state index in [0.717, 1.165) is 19.4 Å². The predicted molar refractivity (Wildman–Crippen MR) is 70.4 cm³/mol. The summed E-state index contributed by atoms with van der Waals surface area (Å²) in [5.74, 6) is -1.17. The molecule has 5 nitrogen and oxygen atoms in total. The lowest BCUT2D eigenvalue weighted by molar-refractivity contribution is -0.144. The normalized spacial score (nSPS) is 20.4. The third-order valence-corrected chi connectivity index (χ3v) is 3.53. The number of alkyl halides is 3. The van der Waals surface area contributed by atoms with Gasteiger partial charge in [0.2, 0.25) is 5.82 Å². The van der Waals surface area contributed by atoms with E-state index in [9.17, 15) is 13.2 Å². The smallest absolute Gasteiger partial charge is 0.384 e. The summed E-state index contributed by atoms with van der Waals surface area (Å²) < 4.78 is 38.0. The van der Waals surface area contributed by atoms with Crippen LogP contribution in [0.5, 0.6) is 0 Å². The molecular weight excluding hydrogens is 271 g/mol. The summed E-state index contributed by atoms with van der Waals surface area (Å²) in [4.78, 5) is 10.7. The van der Waals surface area contributed by atoms with Gasteiger partial charge in [0.05, 0.1) is 0 Å². The molecule has 0 aliphatic carbocycles. The van der Waals surface area contributed by atoms with Gasteiger partial charge in [-0.05, 0) is 26.4 Å². The van der Waals surface area contributed by atoms with Gasteiger partial charge in [0, 0.05) is 25.7 Å². The Bertz CT molecular complexity index is 477. The molecule has 1 saturated heterocycles. The van der Waals surface area contributed by atoms with Crippen LogP contribution in [0.25, 0.3) is 0 Å². The third-order valence-electron chi connectivity index (χ3n) is 3.53. The topological polar surface area (TPSA) is 58.3 Å². The Kier molecular flexibility index (Phi) is 4.03. The van der Waals surface area contributed by atoms with Crippen LogP contribution < -0.4 is 10.6 Å². The molecule has 0 amide bonds. The van der Waals surface area contributed by atoms with Crippen molar-refractivity contribution in [2.75, 3.05) is 37.8 Å². The van der Waals surface area contributed by atoms with E-state index in [-0.39, 0.29) is 11.6 Å². The zero-order valence-corrected chi connectivity index (χ0v) is 11.5. The average molecular weight is 289 g/mol. The maximum atomic E-state index is 12.7. The Hall–Kier alpha value is -1.57. The van der Waals surface area contributed by atoms with E-state index < -0.39 is 12.0 Å². The van der Waals surface area contributed by atoms with Crippen molar-refractivity contribution in [3.8, 4) is 0 Å². The van der Waals surface area contributed by atoms with Gasteiger partial charge in [0.1, 0.15) is 11.6 Å². The molecule has 1 aliphatic rings. The van der Waals surface area contributed by atoms with Crippen LogP contribution in [-0.4, -0.2) is 48.1 Å². The van der Waals surface area contributed by atoms with Crippen LogP contribution in [0.3, 0.4) is 0 Å². The summed E-state index contributed by atoms with van der Waals surface area (Å²) in [6.07, 6.45) is -2.45. The molecule has 2 N–H and O–H groups in total. The molecule has 20 heavy (non-hydrogen) atoms. The summed E-state index contributed by atoms with van der Waals surface area (Å²) in [7, 11) is 3.73. The van der Waals surface area contributed by atoms with E-state index in [0.29, 0.717) is 12.6 Å². The molecule has 112 valence electrons. The summed E-state index contributed by atoms with van der Waals surface area (Å²) in [6, 6.07) is 1.69. The highest BCUT2D eigenvalue weighted by Crippen LogP contribution is 2.28. The predicted octanol–water partition coefficient (Wildman–Crippen LogP) is 1.61. The standard InChI is InChI=1S/C12H18F3N5/c1-19-5-3-4-8(19)7-20(2)10-6-9(16)17-11(18-10)12(13,14)15/h6,8H,3-5,7H2,1-2H3,(H2,16,17,18). The second-order valence-corrected chi connectivity index (χ2v) is 5.13. The molecule has 1 aromatic rings. The van der Waals surface area contributed by atoms with Crippen LogP contribution in [-0.2, 0) is 6.18 Å². The summed E-state index contributed by atoms with van der Waals surface area (Å²) in [5.41, 5.74) is 5.44. The molecule has 1 fully saturated rings. The van der Waals surface area contributed by atoms with Crippen LogP contribution in [0.1, 0.15) is 18.7 Å². The number of aromatic nitrogens is 2. The van der Waals surface area contributed by atoms with Gasteiger partial charge in [-0.2, -0.15) is 13.2 Å². The van der Waals surface area contributed by atoms with Crippen molar-refractivity contribution < 1.29 is 13.2 Å². The van der Waals surface area contributed by atoms with E-state index in [1.54, 1.807) is 11.9 Å². The number of anilines is 2. The monoisotopic (exact) mass is 289 g/mol. The van der Waals surface area contributed by atoms with Crippen LogP contribution in [0, 0.1) is 0 Å². The Morgan fingerprint density at radius 3 is 2.70 bits per heavy atom. The van der Waals surface area contributed by atoms with Crippen molar-refractivity contribution in [2.45, 2.75) is 25.1 Å². The summed E-state index contributed by atoms with van der Waals surface area (Å²) in [6.45, 7) is 1.63. The van der Waals surface area contributed by atoms with Crippen molar-refractivity contribution in [1.82, 2.24) is 14.9 Å². The van der Waals surface area contributed by atoms with Crippen LogP contribution in [0.15, 0.2) is 6.07 Å². The Balaban J connectivity index is 2.17. The van der Waals surface area contributed by atoms with E-state index in [4.69, 9.17) is 5.73 Å². The second kappa shape index (κ2) is 5.43. The fourth-order valence-electron chi connectivity index (χ4n) is 2.39. The molecule has 2 rings (SSSR count). The number of nitrogen functional groups attached to an aromatic ring is 1. The lowest BCUT2D eigenvalue weighted by Crippen LogP contribution is -2.37. The van der Waals surface area contributed by atoms with Gasteiger partial charge in [0.25, 0.3) is 0 Å². The van der Waals surface area contributed by atoms with Crippen LogP contribution in [0.4, 0.5) is 24.8 Å². The van der Waals surface area contributed by atoms with E-state index in [2.05, 4.69) is 14.9 Å². The van der Waals surface area contributed by atoms with Crippen molar-refractivity contribution in [3.63, 3.8) is 0 Å². The molecule has 1 atom stereocenters. The van der Waals surface area contributed by atoms with Crippen LogP contribution >= 0.6 is 0 Å². The number of rotatable bonds is 3. The molecule has 8 heteroatoms. The number of nitrogens with zero attached hydrogens (tertiary/aromatic N) is 4. The van der Waals surface area contributed by atoms with Gasteiger partial charge < -0.3 is 15.5 Å². The van der Waals surface area contributed by atoms with Gasteiger partial charge in [-0.1, -0.05) is 0 Å². The maximum absolute atomic E-state index is 12.7. The summed E-state index contributed by atoms with van der Waals surface area (Å²) >= 11 is 0. The zero-order chi connectivity index (χ0) is 14.9. The molecular formula is C12H18F3N5. The highest BCUT2D eigenvalue weighted by Gasteiger charge is 2.35. The Morgan fingerprint density at radius 1 is 1.45 bits per heavy atom. The highest BCUT2D eigenvalue weighted by molar-refractivity contribution is 5.46. The largest absolute Gasteiger partial charge is 0.451 e. The van der Waals surface area contributed by atoms with Gasteiger partial charge in [-0.25, -0.2) is 9.97 Å². The Labute approximate surface area is 115 Å². The molecule has 0 saturated carbocycles. The third kappa shape index (κ3) is 3.30. The van der Waals surface area contributed by atoms with Crippen molar-refractivity contribution >= 4 is 11.6 Å². The van der Waals surface area contributed by atoms with Gasteiger partial charge >= 0.3 is 6.18 Å². The molecule has 0 spiro atoms. The molecule has 0 aromatic carbocycles. The summed E-state index contributed by atoms with van der Waals surface area (Å²) in [5, 5.41) is 0. The first-order chi connectivity index (χ1) is 9.27. The molecule has 0 radical (unpaired) electrons. The molecule has 0 bridgehead atoms. The van der Waals surface area contributed by atoms with Gasteiger partial charge in [0.15, 0.2) is 0 Å². The molecule has 1 aliphatic heterocycles. The van der Waals surface area contributed by atoms with E-state index in [1.165, 1.54) is 6.07 Å². The number of likely N-dealkylation sites (tertiary alicyclic amines) is 1. The van der Waals surface area contributed by atoms with Crippen molar-refractivity contribution in [2.24, 2.45) is 0 Å². The average Bonchev–Trinajstić information content (AvgIpc) is 2.73. The lowest BCUT2D eigenvalue weighted by Gasteiger charge is -2.26. The SMILES string of the molecule is CN(CC1CCCN1C)c1cc(N)nc(C(F)(F)F)n1. The number of likely N-dealkylation sites (N-methyl/N-ethyl adjacent to an activating group) is 2. The molecule has 1 aromatic heterocycles. The first-order valence-electron chi connectivity index (χ1n) is 6.40. The van der Waals surface area contributed by atoms with Crippen molar-refractivity contribution in [1.29, 1.82) is 0 Å². The highest BCUT2D eigenvalue weighted by atomic mass is 19.4. The quantitative estimate of drug-likeness (QED) is 0.916. The number of hydrogen-bond acceptors (Lipinski definition) is 5. The van der Waals surface area contributed by atoms with E-state index >= 15 is 0 Å². The number of nitrogens with two attached hydrogens (primary N) is 1. The number of hydrogen-bond donors (Lipinski definition) is 1. The minimum Gasteiger partial charge on any atom is -0.384 e. The van der Waals surface area contributed by atoms with Crippen LogP contribution in [0.2, 0.25) is 0 Å². The lowest BCUT2D eigenvalue weighted by atomic mass is 10.2. The van der Waals surface area contributed by atoms with Crippen molar-refractivity contribution in [3.05, 3.63) is 11.9 Å². The fraction of sp³-hybridized carbons (Fsp3) is 0.667. The zero-order valence-electron chi connectivity index (χ0n) is 11.5. The first kappa shape index (κ1) is 14.8. The first-order valence-corrected chi connectivity index (χ1v) is 6.40. The molecule has 1 unspecified atom stereocenters.